The third-order valence-corrected chi connectivity index (χ3v) is 3.51. The molecular weight excluding hydrogens is 365 g/mol. The van der Waals surface area contributed by atoms with Crippen LogP contribution in [0.15, 0.2) is 15.8 Å². The maximum atomic E-state index is 12.1. The standard InChI is InChI=1S/C13H15F3N2O6.CH4O/c1-5-8(19)6(2)24-10(5)18-3-7(9(20)17-12(18)22)11(21)23-4-13(14,15)16;1-2/h3,5-6,8,10,19H,4H2,1-2H3,(H,17,20,22);2H,1H3/t5-,6+,8?,10+;/m0./s1/i2D;2T. The Morgan fingerprint density at radius 3 is 2.69 bits per heavy atom. The number of aliphatic hydroxyl groups excluding tert-OH is 2. The monoisotopic (exact) mass is 387 g/mol. The van der Waals surface area contributed by atoms with Gasteiger partial charge in [-0.2, -0.15) is 13.2 Å². The molecule has 2 heterocycles. The van der Waals surface area contributed by atoms with Crippen LogP contribution >= 0.6 is 0 Å². The zero-order chi connectivity index (χ0) is 21.6. The lowest BCUT2D eigenvalue weighted by molar-refractivity contribution is -0.161. The summed E-state index contributed by atoms with van der Waals surface area (Å²) < 4.78 is 59.5. The number of H-pyrrole nitrogens is 1. The quantitative estimate of drug-likeness (QED) is 0.611. The van der Waals surface area contributed by atoms with Gasteiger partial charge in [0.2, 0.25) is 1.43 Å². The Morgan fingerprint density at radius 2 is 2.19 bits per heavy atom. The fourth-order valence-corrected chi connectivity index (χ4v) is 2.25. The molecule has 1 aromatic rings. The van der Waals surface area contributed by atoms with Crippen LogP contribution in [-0.4, -0.2) is 59.3 Å². The first-order valence-corrected chi connectivity index (χ1v) is 7.18. The summed E-state index contributed by atoms with van der Waals surface area (Å²) in [5.41, 5.74) is -3.01. The number of hydrogen-bond donors (Lipinski definition) is 3. The van der Waals surface area contributed by atoms with E-state index in [1.165, 1.54) is 14.0 Å². The van der Waals surface area contributed by atoms with E-state index < -0.39 is 59.9 Å². The number of nitrogens with zero attached hydrogens (tertiary/aromatic N) is 1. The van der Waals surface area contributed by atoms with Gasteiger partial charge in [-0.15, -0.1) is 0 Å². The number of carbonyl (C=O) groups excluding carboxylic acids is 1. The minimum Gasteiger partial charge on any atom is -0.452 e. The van der Waals surface area contributed by atoms with Crippen LogP contribution in [0.1, 0.15) is 31.8 Å². The van der Waals surface area contributed by atoms with Crippen LogP contribution in [0.3, 0.4) is 0 Å². The summed E-state index contributed by atoms with van der Waals surface area (Å²) in [5.74, 6) is -2.23. The van der Waals surface area contributed by atoms with Crippen molar-refractivity contribution < 1.29 is 39.0 Å². The lowest BCUT2D eigenvalue weighted by atomic mass is 10.0. The van der Waals surface area contributed by atoms with Crippen molar-refractivity contribution in [1.29, 1.82) is 1.43 Å². The Kier molecular flexibility index (Phi) is 6.06. The molecule has 1 fully saturated rings. The molecule has 4 atom stereocenters. The molecule has 0 aromatic carbocycles. The minimum atomic E-state index is -4.77. The van der Waals surface area contributed by atoms with Gasteiger partial charge in [-0.25, -0.2) is 9.59 Å². The van der Waals surface area contributed by atoms with Crippen molar-refractivity contribution in [2.24, 2.45) is 5.92 Å². The van der Waals surface area contributed by atoms with Crippen LogP contribution < -0.4 is 11.2 Å². The van der Waals surface area contributed by atoms with Crippen molar-refractivity contribution >= 4 is 5.97 Å². The molecule has 0 spiro atoms. The molecule has 12 heteroatoms. The van der Waals surface area contributed by atoms with E-state index >= 15 is 0 Å². The predicted molar refractivity (Wildman–Crippen MR) is 80.6 cm³/mol. The van der Waals surface area contributed by atoms with E-state index in [0.29, 0.717) is 0 Å². The highest BCUT2D eigenvalue weighted by molar-refractivity contribution is 5.88. The normalized spacial score (nSPS) is 26.4. The number of esters is 1. The number of rotatable bonds is 3. The third kappa shape index (κ3) is 4.93. The van der Waals surface area contributed by atoms with Gasteiger partial charge < -0.3 is 19.7 Å². The summed E-state index contributed by atoms with van der Waals surface area (Å²) in [4.78, 5) is 37.1. The van der Waals surface area contributed by atoms with Gasteiger partial charge >= 0.3 is 17.8 Å². The molecule has 9 nitrogen and oxygen atoms in total. The summed E-state index contributed by atoms with van der Waals surface area (Å²) in [6.07, 6.45) is -7.11. The third-order valence-electron chi connectivity index (χ3n) is 3.51. The van der Waals surface area contributed by atoms with Gasteiger partial charge in [-0.3, -0.25) is 14.3 Å². The maximum absolute atomic E-state index is 12.1. The van der Waals surface area contributed by atoms with Crippen molar-refractivity contribution in [3.8, 4) is 0 Å². The summed E-state index contributed by atoms with van der Waals surface area (Å²) in [6, 6.07) is 0. The fourth-order valence-electron chi connectivity index (χ4n) is 2.25. The van der Waals surface area contributed by atoms with Crippen LogP contribution in [-0.2, 0) is 9.47 Å². The number of aromatic amines is 1. The summed E-state index contributed by atoms with van der Waals surface area (Å²) in [5, 5.41) is 13.4. The Labute approximate surface area is 147 Å². The molecule has 0 saturated carbocycles. The summed E-state index contributed by atoms with van der Waals surface area (Å²) in [6.45, 7) is -0.662. The van der Waals surface area contributed by atoms with Crippen LogP contribution in [0.4, 0.5) is 13.2 Å². The van der Waals surface area contributed by atoms with E-state index in [1.807, 2.05) is 0 Å². The topological polar surface area (TPSA) is 131 Å². The minimum absolute atomic E-state index is 0.291. The number of ether oxygens (including phenoxy) is 2. The van der Waals surface area contributed by atoms with Gasteiger partial charge in [0.1, 0.15) is 11.8 Å². The smallest absolute Gasteiger partial charge is 0.422 e. The molecule has 26 heavy (non-hydrogen) atoms. The van der Waals surface area contributed by atoms with Gasteiger partial charge in [-0.1, -0.05) is 6.92 Å². The lowest BCUT2D eigenvalue weighted by Gasteiger charge is -2.18. The molecule has 0 amide bonds. The average molecular weight is 387 g/mol. The number of halogens is 3. The van der Waals surface area contributed by atoms with Crippen LogP contribution in [0.2, 0.25) is 0 Å². The van der Waals surface area contributed by atoms with Crippen molar-refractivity contribution in [3.63, 3.8) is 0 Å². The molecule has 2 rings (SSSR count). The molecule has 1 saturated heterocycles. The molecule has 0 radical (unpaired) electrons. The summed E-state index contributed by atoms with van der Waals surface area (Å²) >= 11 is 0. The van der Waals surface area contributed by atoms with Gasteiger partial charge in [0.05, 0.1) is 12.2 Å². The van der Waals surface area contributed by atoms with E-state index in [4.69, 9.17) is 7.54 Å². The number of aliphatic hydroxyl groups is 2. The van der Waals surface area contributed by atoms with Gasteiger partial charge in [0.15, 0.2) is 6.61 Å². The number of aromatic nitrogens is 2. The molecule has 0 bridgehead atoms. The fraction of sp³-hybridized carbons (Fsp3) is 0.643. The predicted octanol–water partition coefficient (Wildman–Crippen LogP) is -0.222. The van der Waals surface area contributed by atoms with Crippen molar-refractivity contribution in [2.75, 3.05) is 13.7 Å². The number of carbonyl (C=O) groups is 1. The largest absolute Gasteiger partial charge is 0.452 e. The second-order valence-corrected chi connectivity index (χ2v) is 5.32. The molecule has 1 unspecified atom stereocenters. The maximum Gasteiger partial charge on any atom is 0.422 e. The number of alkyl halides is 3. The van der Waals surface area contributed by atoms with Crippen molar-refractivity contribution in [1.82, 2.24) is 9.55 Å². The van der Waals surface area contributed by atoms with Crippen molar-refractivity contribution in [3.05, 3.63) is 32.6 Å². The SMILES string of the molecule is [2H]C[C@H]1O[C@@H](n2cc(C(=O)OCC(F)(F)F)c(=O)[nH]c2=O)[C@@H](C)C1O.[3H]OC. The molecule has 148 valence electrons. The lowest BCUT2D eigenvalue weighted by Crippen LogP contribution is -2.37. The second-order valence-electron chi connectivity index (χ2n) is 5.32. The van der Waals surface area contributed by atoms with E-state index in [9.17, 15) is 32.7 Å². The molecule has 1 aromatic heterocycles. The molecule has 0 aliphatic carbocycles. The van der Waals surface area contributed by atoms with Crippen LogP contribution in [0.5, 0.6) is 0 Å². The zero-order valence-electron chi connectivity index (χ0n) is 15.8. The summed E-state index contributed by atoms with van der Waals surface area (Å²) in [7, 11) is 1.29. The molecular formula is C14H19F3N2O7. The van der Waals surface area contributed by atoms with E-state index in [0.717, 1.165) is 10.8 Å². The highest BCUT2D eigenvalue weighted by Gasteiger charge is 2.40. The Morgan fingerprint density at radius 1 is 1.58 bits per heavy atom. The zero-order valence-corrected chi connectivity index (χ0v) is 13.8. The van der Waals surface area contributed by atoms with Gasteiger partial charge in [-0.05, 0) is 6.90 Å². The van der Waals surface area contributed by atoms with E-state index in [1.54, 1.807) is 4.98 Å². The first-order valence-electron chi connectivity index (χ1n) is 8.29. The number of hydrogen-bond acceptors (Lipinski definition) is 7. The Balaban J connectivity index is 0.00000122. The molecule has 1 aliphatic heterocycles. The Bertz CT molecular complexity index is 783. The van der Waals surface area contributed by atoms with Crippen LogP contribution in [0, 0.1) is 5.92 Å². The first kappa shape index (κ1) is 18.6. The van der Waals surface area contributed by atoms with Gasteiger partial charge in [0.25, 0.3) is 5.56 Å². The highest BCUT2D eigenvalue weighted by atomic mass is 19.4. The molecule has 3 N–H and O–H groups in total. The average Bonchev–Trinajstić information content (AvgIpc) is 2.88. The first-order chi connectivity index (χ1) is 13.0. The van der Waals surface area contributed by atoms with Crippen molar-refractivity contribution in [2.45, 2.75) is 38.4 Å². The highest BCUT2D eigenvalue weighted by Crippen LogP contribution is 2.33. The molecule has 1 aliphatic rings. The van der Waals surface area contributed by atoms with E-state index in [2.05, 4.69) is 9.85 Å². The Hall–Kier alpha value is -2.18. The number of nitrogens with one attached hydrogen (secondary N) is 1. The second kappa shape index (κ2) is 8.47. The van der Waals surface area contributed by atoms with E-state index in [-0.39, 0.29) is 6.90 Å². The van der Waals surface area contributed by atoms with Gasteiger partial charge in [0, 0.05) is 20.6 Å². The van der Waals surface area contributed by atoms with Crippen LogP contribution in [0.25, 0.3) is 0 Å².